The zero-order valence-corrected chi connectivity index (χ0v) is 17.1. The van der Waals surface area contributed by atoms with Gasteiger partial charge in [0, 0.05) is 5.56 Å². The number of nitrogens with one attached hydrogen (secondary N) is 1. The van der Waals surface area contributed by atoms with Crippen molar-refractivity contribution in [3.63, 3.8) is 0 Å². The van der Waals surface area contributed by atoms with E-state index >= 15 is 0 Å². The Kier molecular flexibility index (Phi) is 8.19. The van der Waals surface area contributed by atoms with Crippen LogP contribution in [0, 0.1) is 11.3 Å². The van der Waals surface area contributed by atoms with E-state index < -0.39 is 5.91 Å². The monoisotopic (exact) mass is 418 g/mol. The number of amides is 1. The third-order valence-corrected chi connectivity index (χ3v) is 4.26. The average Bonchev–Trinajstić information content (AvgIpc) is 2.68. The SMILES string of the molecule is CCCOc1c(/C=C(\C#N)C(=O)Nc2c(Cl)cccc2Cl)cccc1OCC. The van der Waals surface area contributed by atoms with Crippen LogP contribution in [0.3, 0.4) is 0 Å². The van der Waals surface area contributed by atoms with Gasteiger partial charge in [-0.15, -0.1) is 0 Å². The number of carbonyl (C=O) groups excluding carboxylic acids is 1. The van der Waals surface area contributed by atoms with Gasteiger partial charge >= 0.3 is 0 Å². The quantitative estimate of drug-likeness (QED) is 0.438. The van der Waals surface area contributed by atoms with Crippen molar-refractivity contribution in [1.82, 2.24) is 0 Å². The lowest BCUT2D eigenvalue weighted by atomic mass is 10.1. The van der Waals surface area contributed by atoms with E-state index in [4.69, 9.17) is 32.7 Å². The van der Waals surface area contributed by atoms with Crippen molar-refractivity contribution in [2.45, 2.75) is 20.3 Å². The van der Waals surface area contributed by atoms with E-state index in [0.717, 1.165) is 6.42 Å². The fourth-order valence-electron chi connectivity index (χ4n) is 2.38. The van der Waals surface area contributed by atoms with E-state index in [9.17, 15) is 10.1 Å². The standard InChI is InChI=1S/C21H20Cl2N2O3/c1-3-11-28-20-14(7-5-10-18(20)27-4-2)12-15(13-24)21(26)25-19-16(22)8-6-9-17(19)23/h5-10,12H,3-4,11H2,1-2H3,(H,25,26)/b15-12+. The van der Waals surface area contributed by atoms with Crippen LogP contribution < -0.4 is 14.8 Å². The first-order valence-electron chi connectivity index (χ1n) is 8.77. The number of nitrogens with zero attached hydrogens (tertiary/aromatic N) is 1. The van der Waals surface area contributed by atoms with Gasteiger partial charge < -0.3 is 14.8 Å². The van der Waals surface area contributed by atoms with Gasteiger partial charge in [0.2, 0.25) is 0 Å². The minimum atomic E-state index is -0.624. The Bertz CT molecular complexity index is 900. The average molecular weight is 419 g/mol. The summed E-state index contributed by atoms with van der Waals surface area (Å²) < 4.78 is 11.4. The summed E-state index contributed by atoms with van der Waals surface area (Å²) in [7, 11) is 0. The van der Waals surface area contributed by atoms with Gasteiger partial charge in [0.15, 0.2) is 11.5 Å². The number of carbonyl (C=O) groups is 1. The molecule has 0 aliphatic rings. The molecule has 1 amide bonds. The summed E-state index contributed by atoms with van der Waals surface area (Å²) in [5, 5.41) is 12.6. The molecule has 7 heteroatoms. The molecule has 0 fully saturated rings. The van der Waals surface area contributed by atoms with Crippen molar-refractivity contribution in [3.8, 4) is 17.6 Å². The molecule has 0 aliphatic carbocycles. The second kappa shape index (κ2) is 10.6. The first kappa shape index (κ1) is 21.6. The van der Waals surface area contributed by atoms with Crippen molar-refractivity contribution < 1.29 is 14.3 Å². The fraction of sp³-hybridized carbons (Fsp3) is 0.238. The number of hydrogen-bond donors (Lipinski definition) is 1. The minimum absolute atomic E-state index is 0.119. The highest BCUT2D eigenvalue weighted by molar-refractivity contribution is 6.40. The van der Waals surface area contributed by atoms with Crippen LogP contribution in [0.25, 0.3) is 6.08 Å². The van der Waals surface area contributed by atoms with Crippen LogP contribution in [-0.4, -0.2) is 19.1 Å². The van der Waals surface area contributed by atoms with Crippen molar-refractivity contribution in [1.29, 1.82) is 5.26 Å². The molecule has 0 heterocycles. The second-order valence-corrected chi connectivity index (χ2v) is 6.49. The van der Waals surface area contributed by atoms with Gasteiger partial charge in [0.1, 0.15) is 11.6 Å². The van der Waals surface area contributed by atoms with Crippen molar-refractivity contribution in [2.75, 3.05) is 18.5 Å². The number of benzene rings is 2. The predicted octanol–water partition coefficient (Wildman–Crippen LogP) is 5.73. The molecule has 0 aliphatic heterocycles. The smallest absolute Gasteiger partial charge is 0.266 e. The van der Waals surface area contributed by atoms with E-state index in [-0.39, 0.29) is 21.3 Å². The van der Waals surface area contributed by atoms with E-state index in [1.165, 1.54) is 6.08 Å². The zero-order chi connectivity index (χ0) is 20.5. The summed E-state index contributed by atoms with van der Waals surface area (Å²) in [5.41, 5.74) is 0.699. The molecule has 0 spiro atoms. The molecular weight excluding hydrogens is 399 g/mol. The van der Waals surface area contributed by atoms with Crippen LogP contribution in [0.2, 0.25) is 10.0 Å². The van der Waals surface area contributed by atoms with Gasteiger partial charge in [0.05, 0.1) is 28.9 Å². The molecule has 5 nitrogen and oxygen atoms in total. The van der Waals surface area contributed by atoms with Gasteiger partial charge in [-0.05, 0) is 37.6 Å². The molecule has 0 bridgehead atoms. The Labute approximate surface area is 174 Å². The maximum Gasteiger partial charge on any atom is 0.266 e. The molecule has 2 aromatic carbocycles. The van der Waals surface area contributed by atoms with Gasteiger partial charge in [-0.25, -0.2) is 0 Å². The maximum atomic E-state index is 12.6. The van der Waals surface area contributed by atoms with E-state index in [0.29, 0.717) is 30.3 Å². The number of para-hydroxylation sites is 2. The maximum absolute atomic E-state index is 12.6. The Morgan fingerprint density at radius 3 is 2.43 bits per heavy atom. The number of halogens is 2. The Hall–Kier alpha value is -2.68. The highest BCUT2D eigenvalue weighted by atomic mass is 35.5. The molecule has 146 valence electrons. The van der Waals surface area contributed by atoms with E-state index in [1.54, 1.807) is 36.4 Å². The van der Waals surface area contributed by atoms with Gasteiger partial charge in [-0.1, -0.05) is 48.3 Å². The third kappa shape index (κ3) is 5.41. The molecule has 0 atom stereocenters. The number of nitriles is 1. The summed E-state index contributed by atoms with van der Waals surface area (Å²) in [6, 6.07) is 12.1. The largest absolute Gasteiger partial charge is 0.490 e. The molecule has 28 heavy (non-hydrogen) atoms. The predicted molar refractivity (Wildman–Crippen MR) is 112 cm³/mol. The second-order valence-electron chi connectivity index (χ2n) is 5.68. The van der Waals surface area contributed by atoms with Crippen LogP contribution in [-0.2, 0) is 4.79 Å². The highest BCUT2D eigenvalue weighted by Gasteiger charge is 2.16. The Morgan fingerprint density at radius 1 is 1.14 bits per heavy atom. The number of ether oxygens (including phenoxy) is 2. The van der Waals surface area contributed by atoms with Crippen LogP contribution in [0.15, 0.2) is 42.0 Å². The van der Waals surface area contributed by atoms with Gasteiger partial charge in [-0.2, -0.15) is 5.26 Å². The molecule has 2 rings (SSSR count). The van der Waals surface area contributed by atoms with Crippen molar-refractivity contribution in [3.05, 3.63) is 57.6 Å². The Morgan fingerprint density at radius 2 is 1.82 bits per heavy atom. The van der Waals surface area contributed by atoms with Crippen LogP contribution in [0.4, 0.5) is 5.69 Å². The summed E-state index contributed by atoms with van der Waals surface area (Å²) in [6.07, 6.45) is 2.26. The lowest BCUT2D eigenvalue weighted by Crippen LogP contribution is -2.14. The molecule has 1 N–H and O–H groups in total. The zero-order valence-electron chi connectivity index (χ0n) is 15.6. The van der Waals surface area contributed by atoms with Gasteiger partial charge in [0.25, 0.3) is 5.91 Å². The third-order valence-electron chi connectivity index (χ3n) is 3.63. The summed E-state index contributed by atoms with van der Waals surface area (Å²) in [6.45, 7) is 4.80. The lowest BCUT2D eigenvalue weighted by molar-refractivity contribution is -0.112. The topological polar surface area (TPSA) is 71.3 Å². The first-order chi connectivity index (χ1) is 13.5. The van der Waals surface area contributed by atoms with Crippen LogP contribution in [0.5, 0.6) is 11.5 Å². The van der Waals surface area contributed by atoms with Crippen LogP contribution >= 0.6 is 23.2 Å². The summed E-state index contributed by atoms with van der Waals surface area (Å²) in [4.78, 5) is 12.6. The fourth-order valence-corrected chi connectivity index (χ4v) is 2.87. The summed E-state index contributed by atoms with van der Waals surface area (Å²) in [5.74, 6) is 0.417. The molecule has 0 aromatic heterocycles. The normalized spacial score (nSPS) is 10.9. The van der Waals surface area contributed by atoms with E-state index in [1.807, 2.05) is 19.9 Å². The molecular formula is C21H20Cl2N2O3. The first-order valence-corrected chi connectivity index (χ1v) is 9.53. The number of hydrogen-bond acceptors (Lipinski definition) is 4. The number of rotatable bonds is 8. The molecule has 0 saturated carbocycles. The van der Waals surface area contributed by atoms with Crippen LogP contribution in [0.1, 0.15) is 25.8 Å². The lowest BCUT2D eigenvalue weighted by Gasteiger charge is -2.14. The molecule has 0 unspecified atom stereocenters. The Balaban J connectivity index is 2.39. The molecule has 0 radical (unpaired) electrons. The highest BCUT2D eigenvalue weighted by Crippen LogP contribution is 2.34. The van der Waals surface area contributed by atoms with Crippen molar-refractivity contribution in [2.24, 2.45) is 0 Å². The van der Waals surface area contributed by atoms with Crippen molar-refractivity contribution >= 4 is 40.9 Å². The molecule has 0 saturated heterocycles. The number of anilines is 1. The van der Waals surface area contributed by atoms with E-state index in [2.05, 4.69) is 5.32 Å². The summed E-state index contributed by atoms with van der Waals surface area (Å²) >= 11 is 12.2. The minimum Gasteiger partial charge on any atom is -0.490 e. The van der Waals surface area contributed by atoms with Gasteiger partial charge in [-0.3, -0.25) is 4.79 Å². The molecule has 2 aromatic rings.